The summed E-state index contributed by atoms with van der Waals surface area (Å²) in [5.41, 5.74) is 2.87. The number of hydrogen-bond acceptors (Lipinski definition) is 3. The monoisotopic (exact) mass is 342 g/mol. The number of hydrogen-bond donors (Lipinski definition) is 1. The molecule has 6 heteroatoms. The molecule has 2 rings (SSSR count). The lowest BCUT2D eigenvalue weighted by atomic mass is 10.1. The van der Waals surface area contributed by atoms with Gasteiger partial charge in [-0.2, -0.15) is 14.0 Å². The van der Waals surface area contributed by atoms with Gasteiger partial charge in [-0.25, -0.2) is 0 Å². The first-order chi connectivity index (χ1) is 11.9. The fraction of sp³-hybridized carbons (Fsp3) is 0.158. The minimum atomic E-state index is -2.90. The molecule has 0 atom stereocenters. The van der Waals surface area contributed by atoms with Gasteiger partial charge in [-0.15, -0.1) is 0 Å². The first kappa shape index (κ1) is 18.1. The number of para-hydroxylation sites is 1. The second-order valence-corrected chi connectivity index (χ2v) is 5.34. The number of alkyl halides is 2. The fourth-order valence-electron chi connectivity index (χ4n) is 2.25. The number of carbonyl (C=O) groups excluding carboxylic acids is 1. The largest absolute Gasteiger partial charge is 0.435 e. The second kappa shape index (κ2) is 8.06. The predicted octanol–water partition coefficient (Wildman–Crippen LogP) is 4.45. The number of ether oxygens (including phenoxy) is 1. The zero-order valence-electron chi connectivity index (χ0n) is 13.7. The van der Waals surface area contributed by atoms with Gasteiger partial charge in [-0.3, -0.25) is 4.79 Å². The van der Waals surface area contributed by atoms with Crippen molar-refractivity contribution >= 4 is 17.7 Å². The summed E-state index contributed by atoms with van der Waals surface area (Å²) in [6, 6.07) is 13.1. The quantitative estimate of drug-likeness (QED) is 0.645. The summed E-state index contributed by atoms with van der Waals surface area (Å²) in [6.07, 6.45) is 1.38. The molecule has 2 aromatic rings. The Hall–Kier alpha value is -3.20. The van der Waals surface area contributed by atoms with Crippen molar-refractivity contribution in [3.8, 4) is 11.8 Å². The SMILES string of the molecule is Cc1cccc(C)c1NC(=O)C(C#N)=Cc1ccc(OC(F)F)cc1. The van der Waals surface area contributed by atoms with Crippen molar-refractivity contribution in [1.82, 2.24) is 0 Å². The van der Waals surface area contributed by atoms with Gasteiger partial charge in [0, 0.05) is 5.69 Å². The van der Waals surface area contributed by atoms with E-state index in [-0.39, 0.29) is 11.3 Å². The van der Waals surface area contributed by atoms with E-state index < -0.39 is 12.5 Å². The molecule has 0 saturated heterocycles. The Morgan fingerprint density at radius 3 is 2.28 bits per heavy atom. The Morgan fingerprint density at radius 1 is 1.16 bits per heavy atom. The Kier molecular flexibility index (Phi) is 5.85. The number of nitrogens with zero attached hydrogens (tertiary/aromatic N) is 1. The van der Waals surface area contributed by atoms with Crippen LogP contribution in [-0.4, -0.2) is 12.5 Å². The molecule has 0 unspecified atom stereocenters. The maximum Gasteiger partial charge on any atom is 0.387 e. The van der Waals surface area contributed by atoms with Crippen LogP contribution in [0.25, 0.3) is 6.08 Å². The van der Waals surface area contributed by atoms with E-state index in [2.05, 4.69) is 10.1 Å². The van der Waals surface area contributed by atoms with Crippen LogP contribution in [0.1, 0.15) is 16.7 Å². The lowest BCUT2D eigenvalue weighted by Gasteiger charge is -2.11. The number of anilines is 1. The molecule has 1 N–H and O–H groups in total. The van der Waals surface area contributed by atoms with E-state index in [9.17, 15) is 18.8 Å². The van der Waals surface area contributed by atoms with Crippen molar-refractivity contribution in [2.75, 3.05) is 5.32 Å². The number of amides is 1. The van der Waals surface area contributed by atoms with Gasteiger partial charge in [-0.1, -0.05) is 30.3 Å². The fourth-order valence-corrected chi connectivity index (χ4v) is 2.25. The number of aryl methyl sites for hydroxylation is 2. The van der Waals surface area contributed by atoms with E-state index in [4.69, 9.17) is 0 Å². The highest BCUT2D eigenvalue weighted by Crippen LogP contribution is 2.21. The van der Waals surface area contributed by atoms with Crippen molar-refractivity contribution < 1.29 is 18.3 Å². The highest BCUT2D eigenvalue weighted by molar-refractivity contribution is 6.10. The Labute approximate surface area is 144 Å². The van der Waals surface area contributed by atoms with Crippen molar-refractivity contribution in [2.24, 2.45) is 0 Å². The van der Waals surface area contributed by atoms with Gasteiger partial charge >= 0.3 is 6.61 Å². The van der Waals surface area contributed by atoms with Gasteiger partial charge in [0.05, 0.1) is 0 Å². The highest BCUT2D eigenvalue weighted by Gasteiger charge is 2.12. The lowest BCUT2D eigenvalue weighted by molar-refractivity contribution is -0.112. The minimum Gasteiger partial charge on any atom is -0.435 e. The zero-order chi connectivity index (χ0) is 18.4. The van der Waals surface area contributed by atoms with Crippen molar-refractivity contribution in [2.45, 2.75) is 20.5 Å². The number of benzene rings is 2. The molecule has 0 fully saturated rings. The second-order valence-electron chi connectivity index (χ2n) is 5.34. The highest BCUT2D eigenvalue weighted by atomic mass is 19.3. The standard InChI is InChI=1S/C19H16F2N2O2/c1-12-4-3-5-13(2)17(12)23-18(24)15(11-22)10-14-6-8-16(9-7-14)25-19(20)21/h3-10,19H,1-2H3,(H,23,24). The van der Waals surface area contributed by atoms with E-state index in [1.54, 1.807) is 0 Å². The van der Waals surface area contributed by atoms with Gasteiger partial charge in [0.25, 0.3) is 5.91 Å². The van der Waals surface area contributed by atoms with E-state index >= 15 is 0 Å². The average Bonchev–Trinajstić information content (AvgIpc) is 2.57. The summed E-state index contributed by atoms with van der Waals surface area (Å²) < 4.78 is 28.5. The summed E-state index contributed by atoms with van der Waals surface area (Å²) in [5.74, 6) is -0.529. The van der Waals surface area contributed by atoms with E-state index in [1.807, 2.05) is 38.1 Å². The van der Waals surface area contributed by atoms with Crippen LogP contribution in [0.15, 0.2) is 48.0 Å². The molecule has 0 radical (unpaired) electrons. The zero-order valence-corrected chi connectivity index (χ0v) is 13.7. The number of nitrogens with one attached hydrogen (secondary N) is 1. The van der Waals surface area contributed by atoms with Crippen LogP contribution in [0.5, 0.6) is 5.75 Å². The van der Waals surface area contributed by atoms with Crippen molar-refractivity contribution in [3.05, 3.63) is 64.7 Å². The first-order valence-corrected chi connectivity index (χ1v) is 7.45. The molecule has 25 heavy (non-hydrogen) atoms. The Balaban J connectivity index is 2.19. The van der Waals surface area contributed by atoms with Crippen LogP contribution in [0, 0.1) is 25.2 Å². The summed E-state index contributed by atoms with van der Waals surface area (Å²) >= 11 is 0. The third-order valence-electron chi connectivity index (χ3n) is 3.50. The maximum absolute atomic E-state index is 12.3. The van der Waals surface area contributed by atoms with E-state index in [1.165, 1.54) is 30.3 Å². The number of nitriles is 1. The van der Waals surface area contributed by atoms with Crippen molar-refractivity contribution in [3.63, 3.8) is 0 Å². The average molecular weight is 342 g/mol. The molecule has 0 heterocycles. The molecule has 0 aliphatic heterocycles. The Morgan fingerprint density at radius 2 is 1.76 bits per heavy atom. The third kappa shape index (κ3) is 4.88. The normalized spacial score (nSPS) is 11.1. The topological polar surface area (TPSA) is 62.1 Å². The number of halogens is 2. The molecule has 2 aromatic carbocycles. The molecular weight excluding hydrogens is 326 g/mol. The summed E-state index contributed by atoms with van der Waals surface area (Å²) in [5, 5.41) is 12.0. The molecule has 4 nitrogen and oxygen atoms in total. The van der Waals surface area contributed by atoms with Gasteiger partial charge in [0.15, 0.2) is 0 Å². The number of carbonyl (C=O) groups is 1. The minimum absolute atomic E-state index is 0.00523. The van der Waals surface area contributed by atoms with Crippen LogP contribution in [-0.2, 0) is 4.79 Å². The molecule has 128 valence electrons. The van der Waals surface area contributed by atoms with Crippen LogP contribution < -0.4 is 10.1 Å². The van der Waals surface area contributed by atoms with Crippen LogP contribution >= 0.6 is 0 Å². The predicted molar refractivity (Wildman–Crippen MR) is 91.2 cm³/mol. The van der Waals surface area contributed by atoms with Gasteiger partial charge < -0.3 is 10.1 Å². The molecule has 1 amide bonds. The summed E-state index contributed by atoms with van der Waals surface area (Å²) in [6.45, 7) is 0.819. The van der Waals surface area contributed by atoms with E-state index in [0.29, 0.717) is 11.3 Å². The lowest BCUT2D eigenvalue weighted by Crippen LogP contribution is -2.15. The molecule has 0 saturated carbocycles. The maximum atomic E-state index is 12.3. The van der Waals surface area contributed by atoms with Gasteiger partial charge in [0.1, 0.15) is 17.4 Å². The Bertz CT molecular complexity index is 817. The number of rotatable bonds is 5. The summed E-state index contributed by atoms with van der Waals surface area (Å²) in [4.78, 5) is 12.3. The smallest absolute Gasteiger partial charge is 0.387 e. The van der Waals surface area contributed by atoms with Crippen molar-refractivity contribution in [1.29, 1.82) is 5.26 Å². The third-order valence-corrected chi connectivity index (χ3v) is 3.50. The van der Waals surface area contributed by atoms with Gasteiger partial charge in [-0.05, 0) is 48.7 Å². The molecule has 0 aromatic heterocycles. The molecular formula is C19H16F2N2O2. The molecule has 0 spiro atoms. The molecule has 0 aliphatic rings. The van der Waals surface area contributed by atoms with E-state index in [0.717, 1.165) is 11.1 Å². The van der Waals surface area contributed by atoms with Crippen LogP contribution in [0.2, 0.25) is 0 Å². The summed E-state index contributed by atoms with van der Waals surface area (Å²) in [7, 11) is 0. The molecule has 0 bridgehead atoms. The van der Waals surface area contributed by atoms with Crippen LogP contribution in [0.4, 0.5) is 14.5 Å². The molecule has 0 aliphatic carbocycles. The van der Waals surface area contributed by atoms with Gasteiger partial charge in [0.2, 0.25) is 0 Å². The first-order valence-electron chi connectivity index (χ1n) is 7.45. The van der Waals surface area contributed by atoms with Crippen LogP contribution in [0.3, 0.4) is 0 Å².